The maximum atomic E-state index is 11.5. The number of carbonyl (C=O) groups excluding carboxylic acids is 1. The normalized spacial score (nSPS) is 23.2. The van der Waals surface area contributed by atoms with Crippen LogP contribution in [-0.2, 0) is 6.42 Å². The molecule has 0 saturated carbocycles. The average Bonchev–Trinajstić information content (AvgIpc) is 2.97. The zero-order chi connectivity index (χ0) is 12.5. The minimum absolute atomic E-state index is 0.0213. The van der Waals surface area contributed by atoms with Crippen molar-refractivity contribution < 1.29 is 9.21 Å². The predicted octanol–water partition coefficient (Wildman–Crippen LogP) is 0.0647. The van der Waals surface area contributed by atoms with Gasteiger partial charge in [-0.3, -0.25) is 0 Å². The lowest BCUT2D eigenvalue weighted by molar-refractivity contribution is 0.196. The molecule has 18 heavy (non-hydrogen) atoms. The van der Waals surface area contributed by atoms with Gasteiger partial charge in [-0.1, -0.05) is 5.10 Å². The molecule has 2 fully saturated rings. The van der Waals surface area contributed by atoms with E-state index in [0.29, 0.717) is 43.8 Å². The van der Waals surface area contributed by atoms with Crippen molar-refractivity contribution >= 4 is 23.6 Å². The van der Waals surface area contributed by atoms with Crippen molar-refractivity contribution in [1.29, 1.82) is 0 Å². The first-order valence-electron chi connectivity index (χ1n) is 5.95. The highest BCUT2D eigenvalue weighted by molar-refractivity contribution is 6.17. The van der Waals surface area contributed by atoms with E-state index >= 15 is 0 Å². The zero-order valence-corrected chi connectivity index (χ0v) is 10.6. The number of nitrogens with zero attached hydrogens (tertiary/aromatic N) is 4. The van der Waals surface area contributed by atoms with Gasteiger partial charge in [0.2, 0.25) is 5.89 Å². The molecule has 0 radical (unpaired) electrons. The second kappa shape index (κ2) is 4.64. The minimum Gasteiger partial charge on any atom is -0.408 e. The topological polar surface area (TPSA) is 74.5 Å². The van der Waals surface area contributed by atoms with Gasteiger partial charge in [-0.05, 0) is 0 Å². The third-order valence-corrected chi connectivity index (χ3v) is 3.46. The highest BCUT2D eigenvalue weighted by Gasteiger charge is 2.36. The second-order valence-corrected chi connectivity index (χ2v) is 4.77. The molecule has 1 aromatic heterocycles. The summed E-state index contributed by atoms with van der Waals surface area (Å²) in [6.45, 7) is 2.80. The van der Waals surface area contributed by atoms with Crippen LogP contribution in [0.4, 0.5) is 10.8 Å². The van der Waals surface area contributed by atoms with Crippen LogP contribution in [0.5, 0.6) is 0 Å². The van der Waals surface area contributed by atoms with Crippen LogP contribution in [-0.4, -0.2) is 59.2 Å². The highest BCUT2D eigenvalue weighted by atomic mass is 35.5. The van der Waals surface area contributed by atoms with Crippen molar-refractivity contribution in [1.82, 2.24) is 20.4 Å². The van der Waals surface area contributed by atoms with Crippen LogP contribution < -0.4 is 10.2 Å². The first-order chi connectivity index (χ1) is 8.78. The van der Waals surface area contributed by atoms with E-state index in [1.807, 2.05) is 9.80 Å². The lowest BCUT2D eigenvalue weighted by Crippen LogP contribution is -2.52. The number of hydrogen-bond acceptors (Lipinski definition) is 5. The van der Waals surface area contributed by atoms with Gasteiger partial charge in [-0.25, -0.2) is 4.79 Å². The summed E-state index contributed by atoms with van der Waals surface area (Å²) in [6, 6.07) is 0.733. The van der Waals surface area contributed by atoms with E-state index in [1.54, 1.807) is 0 Å². The number of piperazine rings is 1. The van der Waals surface area contributed by atoms with Crippen LogP contribution in [0.1, 0.15) is 5.89 Å². The Balaban J connectivity index is 1.68. The Hall–Kier alpha value is -1.50. The van der Waals surface area contributed by atoms with Crippen molar-refractivity contribution in [2.75, 3.05) is 37.0 Å². The standard InChI is InChI=1S/C10H14ClN5O2/c11-2-1-8-13-14-10(18-8)15-3-4-16-7(6-15)5-12-9(16)17/h7H,1-6H2,(H,12,17). The Kier molecular flexibility index (Phi) is 2.99. The van der Waals surface area contributed by atoms with E-state index < -0.39 is 0 Å². The van der Waals surface area contributed by atoms with Crippen LogP contribution in [0.15, 0.2) is 4.42 Å². The number of nitrogens with one attached hydrogen (secondary N) is 1. The van der Waals surface area contributed by atoms with E-state index in [1.165, 1.54) is 0 Å². The maximum absolute atomic E-state index is 11.5. The third kappa shape index (κ3) is 1.98. The molecular weight excluding hydrogens is 258 g/mol. The molecule has 98 valence electrons. The van der Waals surface area contributed by atoms with Crippen LogP contribution in [0.25, 0.3) is 0 Å². The Morgan fingerprint density at radius 1 is 1.44 bits per heavy atom. The first kappa shape index (κ1) is 11.6. The molecule has 2 amide bonds. The molecule has 2 saturated heterocycles. The lowest BCUT2D eigenvalue weighted by atomic mass is 10.2. The summed E-state index contributed by atoms with van der Waals surface area (Å²) in [6.07, 6.45) is 0.581. The number of alkyl halides is 1. The fraction of sp³-hybridized carbons (Fsp3) is 0.700. The monoisotopic (exact) mass is 271 g/mol. The summed E-state index contributed by atoms with van der Waals surface area (Å²) < 4.78 is 5.53. The van der Waals surface area contributed by atoms with E-state index in [2.05, 4.69) is 15.5 Å². The zero-order valence-electron chi connectivity index (χ0n) is 9.80. The van der Waals surface area contributed by atoms with Crippen molar-refractivity contribution in [3.63, 3.8) is 0 Å². The number of halogens is 1. The Morgan fingerprint density at radius 2 is 2.33 bits per heavy atom. The number of hydrogen-bond donors (Lipinski definition) is 1. The highest BCUT2D eigenvalue weighted by Crippen LogP contribution is 2.20. The molecule has 1 aromatic rings. The molecule has 0 aromatic carbocycles. The number of aromatic nitrogens is 2. The molecule has 2 aliphatic rings. The van der Waals surface area contributed by atoms with Crippen molar-refractivity contribution in [2.45, 2.75) is 12.5 Å². The van der Waals surface area contributed by atoms with Gasteiger partial charge in [0.15, 0.2) is 0 Å². The van der Waals surface area contributed by atoms with Crippen LogP contribution >= 0.6 is 11.6 Å². The SMILES string of the molecule is O=C1NCC2CN(c3nnc(CCCl)o3)CCN12. The predicted molar refractivity (Wildman–Crippen MR) is 64.8 cm³/mol. The van der Waals surface area contributed by atoms with Gasteiger partial charge in [0.25, 0.3) is 0 Å². The van der Waals surface area contributed by atoms with Crippen molar-refractivity contribution in [2.24, 2.45) is 0 Å². The van der Waals surface area contributed by atoms with Gasteiger partial charge in [-0.15, -0.1) is 16.7 Å². The molecule has 0 spiro atoms. The Morgan fingerprint density at radius 3 is 3.17 bits per heavy atom. The first-order valence-corrected chi connectivity index (χ1v) is 6.49. The lowest BCUT2D eigenvalue weighted by Gasteiger charge is -2.35. The summed E-state index contributed by atoms with van der Waals surface area (Å²) in [5.74, 6) is 1.03. The molecule has 0 bridgehead atoms. The van der Waals surface area contributed by atoms with E-state index in [-0.39, 0.29) is 12.1 Å². The largest absolute Gasteiger partial charge is 0.408 e. The second-order valence-electron chi connectivity index (χ2n) is 4.40. The van der Waals surface area contributed by atoms with E-state index in [9.17, 15) is 4.79 Å². The van der Waals surface area contributed by atoms with Gasteiger partial charge in [0, 0.05) is 38.5 Å². The van der Waals surface area contributed by atoms with E-state index in [4.69, 9.17) is 16.0 Å². The van der Waals surface area contributed by atoms with Crippen molar-refractivity contribution in [3.05, 3.63) is 5.89 Å². The number of aryl methyl sites for hydroxylation is 1. The molecular formula is C10H14ClN5O2. The van der Waals surface area contributed by atoms with Gasteiger partial charge < -0.3 is 19.5 Å². The molecule has 8 heteroatoms. The summed E-state index contributed by atoms with van der Waals surface area (Å²) >= 11 is 5.63. The molecule has 3 rings (SSSR count). The smallest absolute Gasteiger partial charge is 0.318 e. The molecule has 1 N–H and O–H groups in total. The molecule has 3 heterocycles. The molecule has 1 atom stereocenters. The van der Waals surface area contributed by atoms with Crippen LogP contribution in [0.2, 0.25) is 0 Å². The quantitative estimate of drug-likeness (QED) is 0.787. The van der Waals surface area contributed by atoms with Gasteiger partial charge in [0.05, 0.1) is 6.04 Å². The van der Waals surface area contributed by atoms with Crippen LogP contribution in [0, 0.1) is 0 Å². The van der Waals surface area contributed by atoms with Gasteiger partial charge >= 0.3 is 12.0 Å². The molecule has 7 nitrogen and oxygen atoms in total. The maximum Gasteiger partial charge on any atom is 0.318 e. The minimum atomic E-state index is 0.0213. The van der Waals surface area contributed by atoms with Gasteiger partial charge in [-0.2, -0.15) is 0 Å². The number of carbonyl (C=O) groups is 1. The van der Waals surface area contributed by atoms with E-state index in [0.717, 1.165) is 6.54 Å². The summed E-state index contributed by atoms with van der Waals surface area (Å²) in [7, 11) is 0. The number of urea groups is 1. The number of amides is 2. The Labute approximate surface area is 109 Å². The average molecular weight is 272 g/mol. The molecule has 0 aliphatic carbocycles. The van der Waals surface area contributed by atoms with Gasteiger partial charge in [0.1, 0.15) is 0 Å². The summed E-state index contributed by atoms with van der Waals surface area (Å²) in [5.41, 5.74) is 0. The fourth-order valence-electron chi connectivity index (χ4n) is 2.33. The third-order valence-electron chi connectivity index (χ3n) is 3.27. The van der Waals surface area contributed by atoms with Crippen molar-refractivity contribution in [3.8, 4) is 0 Å². The summed E-state index contributed by atoms with van der Waals surface area (Å²) in [5, 5.41) is 10.8. The Bertz CT molecular complexity index is 451. The summed E-state index contributed by atoms with van der Waals surface area (Å²) in [4.78, 5) is 15.3. The van der Waals surface area contributed by atoms with Crippen LogP contribution in [0.3, 0.4) is 0 Å². The number of anilines is 1. The number of rotatable bonds is 3. The fourth-order valence-corrected chi connectivity index (χ4v) is 2.49. The number of fused-ring (bicyclic) bond motifs is 1. The molecule has 2 aliphatic heterocycles. The molecule has 1 unspecified atom stereocenters.